The zero-order chi connectivity index (χ0) is 23.8. The quantitative estimate of drug-likeness (QED) is 0.478. The number of carbonyl (C=O) groups excluding carboxylic acids is 2. The minimum absolute atomic E-state index is 0.0546. The average Bonchev–Trinajstić information content (AvgIpc) is 2.82. The molecule has 3 N–H and O–H groups in total. The predicted molar refractivity (Wildman–Crippen MR) is 125 cm³/mol. The molecule has 0 bridgehead atoms. The fourth-order valence-electron chi connectivity index (χ4n) is 3.71. The molecular weight excluding hydrogens is 494 g/mol. The van der Waals surface area contributed by atoms with E-state index in [4.69, 9.17) is 14.2 Å². The van der Waals surface area contributed by atoms with Crippen LogP contribution in [-0.2, 0) is 11.3 Å². The number of carbonyl (C=O) groups is 2. The molecule has 0 saturated carbocycles. The van der Waals surface area contributed by atoms with Crippen molar-refractivity contribution in [3.8, 4) is 17.2 Å². The molecule has 1 heterocycles. The van der Waals surface area contributed by atoms with Gasteiger partial charge in [0.15, 0.2) is 11.5 Å². The van der Waals surface area contributed by atoms with Crippen molar-refractivity contribution in [2.75, 3.05) is 33.9 Å². The van der Waals surface area contributed by atoms with Crippen molar-refractivity contribution in [1.82, 2.24) is 15.8 Å². The summed E-state index contributed by atoms with van der Waals surface area (Å²) in [6.45, 7) is 2.72. The number of aromatic hydroxyl groups is 1. The summed E-state index contributed by atoms with van der Waals surface area (Å²) in [5.74, 6) is 1.09. The Labute approximate surface area is 201 Å². The molecule has 1 fully saturated rings. The van der Waals surface area contributed by atoms with E-state index in [0.29, 0.717) is 17.1 Å². The highest BCUT2D eigenvalue weighted by atomic mass is 79.9. The van der Waals surface area contributed by atoms with Crippen molar-refractivity contribution in [3.05, 3.63) is 52.0 Å². The number of benzene rings is 2. The van der Waals surface area contributed by atoms with E-state index in [1.54, 1.807) is 14.2 Å². The van der Waals surface area contributed by atoms with Crippen molar-refractivity contribution in [3.63, 3.8) is 0 Å². The molecule has 0 radical (unpaired) electrons. The Hall–Kier alpha value is -2.98. The van der Waals surface area contributed by atoms with Crippen molar-refractivity contribution >= 4 is 27.9 Å². The molecular formula is C23H28BrN3O6. The number of nitrogens with zero attached hydrogens (tertiary/aromatic N) is 1. The van der Waals surface area contributed by atoms with Gasteiger partial charge in [-0.1, -0.05) is 15.9 Å². The average molecular weight is 522 g/mol. The molecule has 3 rings (SSSR count). The lowest BCUT2D eigenvalue weighted by molar-refractivity contribution is 0.0791. The van der Waals surface area contributed by atoms with Gasteiger partial charge in [-0.2, -0.15) is 0 Å². The van der Waals surface area contributed by atoms with Crippen LogP contribution >= 0.6 is 15.9 Å². The second-order valence-corrected chi connectivity index (χ2v) is 8.62. The first-order valence-corrected chi connectivity index (χ1v) is 11.3. The van der Waals surface area contributed by atoms with Crippen LogP contribution in [-0.4, -0.2) is 55.9 Å². The van der Waals surface area contributed by atoms with Gasteiger partial charge in [-0.25, -0.2) is 10.2 Å². The number of hydrogen-bond acceptors (Lipinski definition) is 7. The molecule has 33 heavy (non-hydrogen) atoms. The molecule has 9 nitrogen and oxygen atoms in total. The minimum atomic E-state index is -0.720. The van der Waals surface area contributed by atoms with Crippen LogP contribution in [0.1, 0.15) is 28.8 Å². The molecule has 0 aromatic heterocycles. The number of halogens is 1. The van der Waals surface area contributed by atoms with Crippen molar-refractivity contribution < 1.29 is 28.9 Å². The third-order valence-corrected chi connectivity index (χ3v) is 6.15. The third-order valence-electron chi connectivity index (χ3n) is 5.41. The lowest BCUT2D eigenvalue weighted by Crippen LogP contribution is -2.43. The van der Waals surface area contributed by atoms with E-state index in [1.807, 2.05) is 12.1 Å². The fourth-order valence-corrected chi connectivity index (χ4v) is 4.16. The number of hydrogen-bond donors (Lipinski definition) is 3. The third kappa shape index (κ3) is 7.00. The number of piperidine rings is 1. The summed E-state index contributed by atoms with van der Waals surface area (Å²) >= 11 is 3.61. The van der Waals surface area contributed by atoms with Crippen LogP contribution in [0.15, 0.2) is 40.9 Å². The number of methoxy groups -OCH3 is 2. The molecule has 0 spiro atoms. The molecule has 1 unspecified atom stereocenters. The van der Waals surface area contributed by atoms with Crippen LogP contribution in [0.2, 0.25) is 0 Å². The smallest absolute Gasteiger partial charge is 0.426 e. The Bertz CT molecular complexity index is 969. The van der Waals surface area contributed by atoms with Gasteiger partial charge in [0.1, 0.15) is 5.75 Å². The summed E-state index contributed by atoms with van der Waals surface area (Å²) in [7, 11) is 3.22. The number of rotatable bonds is 7. The highest BCUT2D eigenvalue weighted by Gasteiger charge is 2.23. The molecule has 2 aromatic carbocycles. The number of phenolic OH excluding ortho intramolecular Hbond substituents is 1. The monoisotopic (exact) mass is 521 g/mol. The maximum atomic E-state index is 12.0. The standard InChI is InChI=1S/C23H28BrN3O6/c1-31-20-10-17(19(24)11-21(20)32-2)13-27-9-3-4-15(12-27)14-33-23(30)26-25-22(29)16-5-7-18(28)8-6-16/h5-8,10-11,15,28H,3-4,9,12-14H2,1-2H3,(H,25,29)(H,26,30). The lowest BCUT2D eigenvalue weighted by Gasteiger charge is -2.32. The number of ether oxygens (including phenoxy) is 3. The van der Waals surface area contributed by atoms with Crippen molar-refractivity contribution in [2.24, 2.45) is 5.92 Å². The maximum absolute atomic E-state index is 12.0. The van der Waals surface area contributed by atoms with E-state index in [0.717, 1.165) is 42.5 Å². The predicted octanol–water partition coefficient (Wildman–Crippen LogP) is 3.46. The van der Waals surface area contributed by atoms with Crippen molar-refractivity contribution in [2.45, 2.75) is 19.4 Å². The Morgan fingerprint density at radius 2 is 1.82 bits per heavy atom. The summed E-state index contributed by atoms with van der Waals surface area (Å²) in [5, 5.41) is 9.27. The van der Waals surface area contributed by atoms with E-state index >= 15 is 0 Å². The Balaban J connectivity index is 1.45. The topological polar surface area (TPSA) is 109 Å². The van der Waals surface area contributed by atoms with Crippen LogP contribution in [0.3, 0.4) is 0 Å². The molecule has 2 amide bonds. The van der Waals surface area contributed by atoms with Gasteiger partial charge in [0.2, 0.25) is 0 Å². The van der Waals surface area contributed by atoms with Crippen LogP contribution < -0.4 is 20.3 Å². The summed E-state index contributed by atoms with van der Waals surface area (Å²) in [6.07, 6.45) is 1.23. The maximum Gasteiger partial charge on any atom is 0.426 e. The van der Waals surface area contributed by atoms with E-state index < -0.39 is 12.0 Å². The van der Waals surface area contributed by atoms with Gasteiger partial charge in [-0.3, -0.25) is 15.1 Å². The van der Waals surface area contributed by atoms with Crippen LogP contribution in [0.4, 0.5) is 4.79 Å². The minimum Gasteiger partial charge on any atom is -0.508 e. The van der Waals surface area contributed by atoms with Gasteiger partial charge in [0.25, 0.3) is 5.91 Å². The lowest BCUT2D eigenvalue weighted by atomic mass is 9.98. The normalized spacial score (nSPS) is 16.0. The van der Waals surface area contributed by atoms with Gasteiger partial charge in [0.05, 0.1) is 20.8 Å². The number of likely N-dealkylation sites (tertiary alicyclic amines) is 1. The zero-order valence-electron chi connectivity index (χ0n) is 18.6. The molecule has 1 saturated heterocycles. The van der Waals surface area contributed by atoms with E-state index in [2.05, 4.69) is 31.7 Å². The van der Waals surface area contributed by atoms with Crippen LogP contribution in [0.5, 0.6) is 17.2 Å². The molecule has 1 aliphatic heterocycles. The highest BCUT2D eigenvalue weighted by Crippen LogP contribution is 2.34. The second kappa shape index (κ2) is 11.8. The van der Waals surface area contributed by atoms with Gasteiger partial charge in [0, 0.05) is 29.0 Å². The van der Waals surface area contributed by atoms with Gasteiger partial charge < -0.3 is 19.3 Å². The first-order chi connectivity index (χ1) is 15.9. The number of hydrazine groups is 1. The van der Waals surface area contributed by atoms with E-state index in [-0.39, 0.29) is 18.3 Å². The molecule has 2 aromatic rings. The number of nitrogens with one attached hydrogen (secondary N) is 2. The fraction of sp³-hybridized carbons (Fsp3) is 0.391. The summed E-state index contributed by atoms with van der Waals surface area (Å²) in [4.78, 5) is 26.3. The largest absolute Gasteiger partial charge is 0.508 e. The van der Waals surface area contributed by atoms with Gasteiger partial charge >= 0.3 is 6.09 Å². The molecule has 1 aliphatic rings. The van der Waals surface area contributed by atoms with Gasteiger partial charge in [-0.05, 0) is 61.3 Å². The molecule has 10 heteroatoms. The Morgan fingerprint density at radius 1 is 1.12 bits per heavy atom. The summed E-state index contributed by atoms with van der Waals surface area (Å²) in [6, 6.07) is 9.55. The van der Waals surface area contributed by atoms with Crippen LogP contribution in [0, 0.1) is 5.92 Å². The summed E-state index contributed by atoms with van der Waals surface area (Å²) in [5.41, 5.74) is 5.93. The first-order valence-electron chi connectivity index (χ1n) is 10.5. The second-order valence-electron chi connectivity index (χ2n) is 7.77. The molecule has 0 aliphatic carbocycles. The van der Waals surface area contributed by atoms with E-state index in [1.165, 1.54) is 24.3 Å². The highest BCUT2D eigenvalue weighted by molar-refractivity contribution is 9.10. The van der Waals surface area contributed by atoms with Crippen LogP contribution in [0.25, 0.3) is 0 Å². The van der Waals surface area contributed by atoms with Crippen molar-refractivity contribution in [1.29, 1.82) is 0 Å². The van der Waals surface area contributed by atoms with Gasteiger partial charge in [-0.15, -0.1) is 0 Å². The van der Waals surface area contributed by atoms with E-state index in [9.17, 15) is 14.7 Å². The first kappa shape index (κ1) is 24.7. The SMILES string of the molecule is COc1cc(Br)c(CN2CCCC(COC(=O)NNC(=O)c3ccc(O)cc3)C2)cc1OC. The Morgan fingerprint density at radius 3 is 2.52 bits per heavy atom. The summed E-state index contributed by atoms with van der Waals surface area (Å²) < 4.78 is 17.0. The Kier molecular flexibility index (Phi) is 8.79. The number of phenols is 1. The molecule has 178 valence electrons. The number of amides is 2. The molecule has 1 atom stereocenters. The zero-order valence-corrected chi connectivity index (χ0v) is 20.2.